The number of amides is 4. The molecule has 0 aromatic heterocycles. The second-order valence-electron chi connectivity index (χ2n) is 6.68. The van der Waals surface area contributed by atoms with Crippen molar-refractivity contribution in [2.45, 2.75) is 13.8 Å². The Balaban J connectivity index is 1.94. The Labute approximate surface area is 176 Å². The van der Waals surface area contributed by atoms with Crippen molar-refractivity contribution in [3.05, 3.63) is 63.7 Å². The molecule has 0 spiro atoms. The molecule has 1 aliphatic heterocycles. The molecule has 1 saturated heterocycles. The maximum atomic E-state index is 13.0. The molecule has 154 valence electrons. The largest absolute Gasteiger partial charge is 0.480 e. The van der Waals surface area contributed by atoms with Crippen LogP contribution < -0.4 is 15.0 Å². The van der Waals surface area contributed by atoms with Gasteiger partial charge in [0.2, 0.25) is 0 Å². The second kappa shape index (κ2) is 8.38. The summed E-state index contributed by atoms with van der Waals surface area (Å²) < 4.78 is 5.05. The van der Waals surface area contributed by atoms with E-state index < -0.39 is 30.4 Å². The Morgan fingerprint density at radius 2 is 1.80 bits per heavy atom. The van der Waals surface area contributed by atoms with Gasteiger partial charge in [-0.1, -0.05) is 23.7 Å². The lowest BCUT2D eigenvalue weighted by atomic mass is 10.1. The minimum atomic E-state index is -1.15. The molecule has 2 aromatic rings. The number of ether oxygens (including phenoxy) is 1. The quantitative estimate of drug-likeness (QED) is 0.559. The van der Waals surface area contributed by atoms with Crippen molar-refractivity contribution in [3.63, 3.8) is 0 Å². The highest BCUT2D eigenvalue weighted by Crippen LogP contribution is 2.28. The van der Waals surface area contributed by atoms with Crippen molar-refractivity contribution in [2.75, 3.05) is 11.5 Å². The van der Waals surface area contributed by atoms with Gasteiger partial charge in [0.1, 0.15) is 11.3 Å². The third-order valence-electron chi connectivity index (χ3n) is 4.18. The number of barbiturate groups is 1. The number of nitrogens with one attached hydrogen (secondary N) is 1. The standard InChI is InChI=1S/C21H17ClN2O6/c1-11-5-12(2)7-14(6-11)24-20(28)15(19(27)23-21(24)29)8-13-3-4-17(16(22)9-13)30-10-18(25)26/h3-9H,10H2,1-2H3,(H,25,26)(H,23,27,29). The Morgan fingerprint density at radius 3 is 2.40 bits per heavy atom. The molecule has 2 N–H and O–H groups in total. The first-order valence-electron chi connectivity index (χ1n) is 8.79. The average molecular weight is 429 g/mol. The smallest absolute Gasteiger partial charge is 0.341 e. The summed E-state index contributed by atoms with van der Waals surface area (Å²) in [5.74, 6) is -2.60. The number of carboxylic acid groups (broad SMARTS) is 1. The van der Waals surface area contributed by atoms with Gasteiger partial charge in [0.15, 0.2) is 6.61 Å². The van der Waals surface area contributed by atoms with Gasteiger partial charge in [-0.25, -0.2) is 14.5 Å². The van der Waals surface area contributed by atoms with Crippen LogP contribution in [0.2, 0.25) is 5.02 Å². The van der Waals surface area contributed by atoms with Gasteiger partial charge in [0.25, 0.3) is 11.8 Å². The third-order valence-corrected chi connectivity index (χ3v) is 4.48. The van der Waals surface area contributed by atoms with Crippen molar-refractivity contribution in [3.8, 4) is 5.75 Å². The van der Waals surface area contributed by atoms with Crippen molar-refractivity contribution < 1.29 is 29.0 Å². The number of benzene rings is 2. The maximum Gasteiger partial charge on any atom is 0.341 e. The molecule has 3 rings (SSSR count). The number of carboxylic acids is 1. The van der Waals surface area contributed by atoms with Gasteiger partial charge in [0, 0.05) is 0 Å². The Morgan fingerprint density at radius 1 is 1.13 bits per heavy atom. The number of hydrogen-bond acceptors (Lipinski definition) is 5. The number of urea groups is 1. The van der Waals surface area contributed by atoms with Crippen LogP contribution in [0.3, 0.4) is 0 Å². The molecule has 0 unspecified atom stereocenters. The zero-order valence-electron chi connectivity index (χ0n) is 16.1. The summed E-state index contributed by atoms with van der Waals surface area (Å²) in [4.78, 5) is 49.1. The summed E-state index contributed by atoms with van der Waals surface area (Å²) in [6, 6.07) is 8.76. The Hall–Kier alpha value is -3.65. The molecule has 8 nitrogen and oxygen atoms in total. The lowest BCUT2D eigenvalue weighted by Gasteiger charge is -2.27. The van der Waals surface area contributed by atoms with Gasteiger partial charge in [-0.05, 0) is 60.9 Å². The first-order valence-corrected chi connectivity index (χ1v) is 9.17. The van der Waals surface area contributed by atoms with Crippen LogP contribution >= 0.6 is 11.6 Å². The molecule has 0 bridgehead atoms. The summed E-state index contributed by atoms with van der Waals surface area (Å²) in [5.41, 5.74) is 2.22. The molecular weight excluding hydrogens is 412 g/mol. The number of carbonyl (C=O) groups is 4. The molecule has 0 saturated carbocycles. The van der Waals surface area contributed by atoms with Crippen molar-refractivity contribution in [2.24, 2.45) is 0 Å². The molecule has 9 heteroatoms. The summed E-state index contributed by atoms with van der Waals surface area (Å²) in [6.45, 7) is 3.11. The molecular formula is C21H17ClN2O6. The Kier molecular flexibility index (Phi) is 5.89. The average Bonchev–Trinajstić information content (AvgIpc) is 2.63. The van der Waals surface area contributed by atoms with Crippen molar-refractivity contribution in [1.82, 2.24) is 5.32 Å². The van der Waals surface area contributed by atoms with Crippen LogP contribution in [0.1, 0.15) is 16.7 Å². The molecule has 0 aliphatic carbocycles. The van der Waals surface area contributed by atoms with Crippen molar-refractivity contribution >= 4 is 47.2 Å². The van der Waals surface area contributed by atoms with Gasteiger partial charge in [-0.3, -0.25) is 14.9 Å². The van der Waals surface area contributed by atoms with E-state index in [9.17, 15) is 19.2 Å². The van der Waals surface area contributed by atoms with E-state index >= 15 is 0 Å². The Bertz CT molecular complexity index is 1090. The summed E-state index contributed by atoms with van der Waals surface area (Å²) in [6.07, 6.45) is 1.30. The molecule has 0 radical (unpaired) electrons. The number of rotatable bonds is 5. The van der Waals surface area contributed by atoms with E-state index in [1.165, 1.54) is 24.3 Å². The number of halogens is 1. The SMILES string of the molecule is Cc1cc(C)cc(N2C(=O)NC(=O)C(=Cc3ccc(OCC(=O)O)c(Cl)c3)C2=O)c1. The van der Waals surface area contributed by atoms with Crippen LogP contribution in [0.25, 0.3) is 6.08 Å². The highest BCUT2D eigenvalue weighted by atomic mass is 35.5. The second-order valence-corrected chi connectivity index (χ2v) is 7.08. The number of nitrogens with zero attached hydrogens (tertiary/aromatic N) is 1. The number of aliphatic carboxylic acids is 1. The third kappa shape index (κ3) is 4.49. The van der Waals surface area contributed by atoms with E-state index in [4.69, 9.17) is 21.4 Å². The van der Waals surface area contributed by atoms with Crippen LogP contribution in [-0.4, -0.2) is 35.5 Å². The fourth-order valence-corrected chi connectivity index (χ4v) is 3.25. The molecule has 4 amide bonds. The molecule has 1 fully saturated rings. The first-order chi connectivity index (χ1) is 14.2. The number of imide groups is 2. The van der Waals surface area contributed by atoms with Crippen LogP contribution in [0.4, 0.5) is 10.5 Å². The summed E-state index contributed by atoms with van der Waals surface area (Å²) in [7, 11) is 0. The van der Waals surface area contributed by atoms with Gasteiger partial charge in [-0.15, -0.1) is 0 Å². The maximum absolute atomic E-state index is 13.0. The van der Waals surface area contributed by atoms with Crippen LogP contribution in [-0.2, 0) is 14.4 Å². The van der Waals surface area contributed by atoms with Gasteiger partial charge < -0.3 is 9.84 Å². The summed E-state index contributed by atoms with van der Waals surface area (Å²) in [5, 5.41) is 10.9. The number of anilines is 1. The van der Waals surface area contributed by atoms with Crippen LogP contribution in [0.5, 0.6) is 5.75 Å². The highest BCUT2D eigenvalue weighted by Gasteiger charge is 2.37. The fourth-order valence-electron chi connectivity index (χ4n) is 3.00. The van der Waals surface area contributed by atoms with Crippen LogP contribution in [0.15, 0.2) is 42.0 Å². The zero-order valence-corrected chi connectivity index (χ0v) is 16.8. The molecule has 2 aromatic carbocycles. The normalized spacial score (nSPS) is 15.4. The predicted molar refractivity (Wildman–Crippen MR) is 110 cm³/mol. The number of hydrogen-bond donors (Lipinski definition) is 2. The number of aryl methyl sites for hydroxylation is 2. The zero-order chi connectivity index (χ0) is 22.0. The van der Waals surface area contributed by atoms with Crippen LogP contribution in [0, 0.1) is 13.8 Å². The van der Waals surface area contributed by atoms with Gasteiger partial charge in [0.05, 0.1) is 10.7 Å². The van der Waals surface area contributed by atoms with Crippen molar-refractivity contribution in [1.29, 1.82) is 0 Å². The monoisotopic (exact) mass is 428 g/mol. The van der Waals surface area contributed by atoms with E-state index in [1.807, 2.05) is 19.9 Å². The minimum Gasteiger partial charge on any atom is -0.480 e. The first kappa shape index (κ1) is 21.1. The summed E-state index contributed by atoms with van der Waals surface area (Å²) >= 11 is 6.09. The van der Waals surface area contributed by atoms with Gasteiger partial charge in [-0.2, -0.15) is 0 Å². The topological polar surface area (TPSA) is 113 Å². The molecule has 1 heterocycles. The van der Waals surface area contributed by atoms with E-state index in [-0.39, 0.29) is 16.3 Å². The predicted octanol–water partition coefficient (Wildman–Crippen LogP) is 3.09. The van der Waals surface area contributed by atoms with E-state index in [2.05, 4.69) is 5.32 Å². The van der Waals surface area contributed by atoms with Gasteiger partial charge >= 0.3 is 12.0 Å². The van der Waals surface area contributed by atoms with E-state index in [1.54, 1.807) is 12.1 Å². The van der Waals surface area contributed by atoms with E-state index in [0.717, 1.165) is 16.0 Å². The van der Waals surface area contributed by atoms with E-state index in [0.29, 0.717) is 11.3 Å². The number of carbonyl (C=O) groups excluding carboxylic acids is 3. The molecule has 1 aliphatic rings. The lowest BCUT2D eigenvalue weighted by Crippen LogP contribution is -2.54. The molecule has 30 heavy (non-hydrogen) atoms. The minimum absolute atomic E-state index is 0.108. The molecule has 0 atom stereocenters. The lowest BCUT2D eigenvalue weighted by molar-refractivity contribution is -0.139. The fraction of sp³-hybridized carbons (Fsp3) is 0.143. The highest BCUT2D eigenvalue weighted by molar-refractivity contribution is 6.39.